The molecule has 0 saturated heterocycles. The summed E-state index contributed by atoms with van der Waals surface area (Å²) in [6.45, 7) is 0. The molecule has 28 heavy (non-hydrogen) atoms. The fourth-order valence-corrected chi connectivity index (χ4v) is 3.00. The standard InChI is InChI=1S/C23H22N2O3/c1-28-21-10-6-5-9-19(21)15-20(22(24)26)25-23(27)18-13-11-17(12-14-18)16-7-3-2-4-8-16/h2-14,20H,15H2,1H3,(H2,24,26)(H,25,27)/t20-/m0/s1. The average molecular weight is 374 g/mol. The van der Waals surface area contributed by atoms with Crippen LogP contribution < -0.4 is 15.8 Å². The molecule has 3 N–H and O–H groups in total. The zero-order chi connectivity index (χ0) is 19.9. The molecule has 0 fully saturated rings. The van der Waals surface area contributed by atoms with Crippen molar-refractivity contribution in [3.05, 3.63) is 90.0 Å². The number of primary amides is 1. The molecule has 1 atom stereocenters. The summed E-state index contributed by atoms with van der Waals surface area (Å²) in [6, 6.07) is 23.6. The molecule has 0 heterocycles. The second-order valence-corrected chi connectivity index (χ2v) is 6.39. The molecular formula is C23H22N2O3. The Morgan fingerprint density at radius 3 is 2.14 bits per heavy atom. The molecule has 5 heteroatoms. The first-order valence-electron chi connectivity index (χ1n) is 8.96. The number of carbonyl (C=O) groups is 2. The molecule has 3 aromatic carbocycles. The van der Waals surface area contributed by atoms with Gasteiger partial charge in [0.15, 0.2) is 0 Å². The lowest BCUT2D eigenvalue weighted by Gasteiger charge is -2.17. The summed E-state index contributed by atoms with van der Waals surface area (Å²) in [5.74, 6) is -0.298. The summed E-state index contributed by atoms with van der Waals surface area (Å²) in [4.78, 5) is 24.5. The van der Waals surface area contributed by atoms with Crippen LogP contribution in [0, 0.1) is 0 Å². The first-order chi connectivity index (χ1) is 13.6. The number of para-hydroxylation sites is 1. The molecule has 0 spiro atoms. The number of methoxy groups -OCH3 is 1. The molecule has 0 aliphatic heterocycles. The van der Waals surface area contributed by atoms with Crippen LogP contribution in [0.25, 0.3) is 11.1 Å². The van der Waals surface area contributed by atoms with Crippen molar-refractivity contribution in [1.82, 2.24) is 5.32 Å². The van der Waals surface area contributed by atoms with Gasteiger partial charge in [0.25, 0.3) is 5.91 Å². The third kappa shape index (κ3) is 4.57. The summed E-state index contributed by atoms with van der Waals surface area (Å²) in [6.07, 6.45) is 0.257. The van der Waals surface area contributed by atoms with Gasteiger partial charge in [-0.05, 0) is 34.9 Å². The lowest BCUT2D eigenvalue weighted by molar-refractivity contribution is -0.119. The molecule has 0 bridgehead atoms. The van der Waals surface area contributed by atoms with E-state index in [9.17, 15) is 9.59 Å². The fraction of sp³-hybridized carbons (Fsp3) is 0.130. The smallest absolute Gasteiger partial charge is 0.251 e. The van der Waals surface area contributed by atoms with Gasteiger partial charge in [-0.1, -0.05) is 60.7 Å². The summed E-state index contributed by atoms with van der Waals surface area (Å²) in [5.41, 5.74) is 8.85. The SMILES string of the molecule is COc1ccccc1C[C@H](NC(=O)c1ccc(-c2ccccc2)cc1)C(N)=O. The highest BCUT2D eigenvalue weighted by molar-refractivity contribution is 5.97. The number of nitrogens with two attached hydrogens (primary N) is 1. The maximum atomic E-state index is 12.6. The Morgan fingerprint density at radius 1 is 0.893 bits per heavy atom. The lowest BCUT2D eigenvalue weighted by atomic mass is 10.0. The molecule has 0 aliphatic carbocycles. The fourth-order valence-electron chi connectivity index (χ4n) is 3.00. The van der Waals surface area contributed by atoms with Crippen molar-refractivity contribution in [2.45, 2.75) is 12.5 Å². The van der Waals surface area contributed by atoms with Gasteiger partial charge in [0.2, 0.25) is 5.91 Å². The number of ether oxygens (including phenoxy) is 1. The molecule has 2 amide bonds. The van der Waals surface area contributed by atoms with Gasteiger partial charge in [-0.15, -0.1) is 0 Å². The summed E-state index contributed by atoms with van der Waals surface area (Å²) < 4.78 is 5.31. The molecule has 0 radical (unpaired) electrons. The molecule has 0 aliphatic rings. The minimum Gasteiger partial charge on any atom is -0.496 e. The van der Waals surface area contributed by atoms with E-state index >= 15 is 0 Å². The Kier molecular flexibility index (Phi) is 6.07. The monoisotopic (exact) mass is 374 g/mol. The Balaban J connectivity index is 1.73. The minimum atomic E-state index is -0.836. The maximum absolute atomic E-state index is 12.6. The van der Waals surface area contributed by atoms with Gasteiger partial charge in [-0.2, -0.15) is 0 Å². The predicted octanol–water partition coefficient (Wildman–Crippen LogP) is 3.19. The summed E-state index contributed by atoms with van der Waals surface area (Å²) in [5, 5.41) is 2.72. The quantitative estimate of drug-likeness (QED) is 0.666. The highest BCUT2D eigenvalue weighted by Gasteiger charge is 2.21. The van der Waals surface area contributed by atoms with E-state index in [0.717, 1.165) is 16.7 Å². The number of nitrogens with one attached hydrogen (secondary N) is 1. The maximum Gasteiger partial charge on any atom is 0.251 e. The van der Waals surface area contributed by atoms with E-state index in [2.05, 4.69) is 5.32 Å². The van der Waals surface area contributed by atoms with Crippen molar-refractivity contribution in [2.24, 2.45) is 5.73 Å². The van der Waals surface area contributed by atoms with Gasteiger partial charge in [0, 0.05) is 12.0 Å². The van der Waals surface area contributed by atoms with Gasteiger partial charge < -0.3 is 15.8 Å². The second-order valence-electron chi connectivity index (χ2n) is 6.39. The Bertz CT molecular complexity index is 953. The minimum absolute atomic E-state index is 0.257. The average Bonchev–Trinajstić information content (AvgIpc) is 2.74. The molecule has 5 nitrogen and oxygen atoms in total. The third-order valence-electron chi connectivity index (χ3n) is 4.52. The van der Waals surface area contributed by atoms with Gasteiger partial charge in [-0.25, -0.2) is 0 Å². The normalized spacial score (nSPS) is 11.5. The van der Waals surface area contributed by atoms with Crippen molar-refractivity contribution >= 4 is 11.8 Å². The van der Waals surface area contributed by atoms with Crippen LogP contribution in [0.3, 0.4) is 0 Å². The largest absolute Gasteiger partial charge is 0.496 e. The van der Waals surface area contributed by atoms with Crippen LogP contribution in [-0.2, 0) is 11.2 Å². The molecule has 0 unspecified atom stereocenters. The van der Waals surface area contributed by atoms with E-state index in [4.69, 9.17) is 10.5 Å². The second kappa shape index (κ2) is 8.86. The van der Waals surface area contributed by atoms with Crippen LogP contribution in [0.15, 0.2) is 78.9 Å². The molecule has 3 aromatic rings. The van der Waals surface area contributed by atoms with E-state index in [1.165, 1.54) is 0 Å². The number of rotatable bonds is 7. The highest BCUT2D eigenvalue weighted by Crippen LogP contribution is 2.20. The van der Waals surface area contributed by atoms with E-state index in [1.807, 2.05) is 60.7 Å². The topological polar surface area (TPSA) is 81.4 Å². The molecule has 3 rings (SSSR count). The van der Waals surface area contributed by atoms with E-state index < -0.39 is 11.9 Å². The van der Waals surface area contributed by atoms with Crippen LogP contribution in [0.4, 0.5) is 0 Å². The first kappa shape index (κ1) is 19.2. The van der Waals surface area contributed by atoms with E-state index in [1.54, 1.807) is 25.3 Å². The van der Waals surface area contributed by atoms with E-state index in [-0.39, 0.29) is 12.3 Å². The zero-order valence-electron chi connectivity index (χ0n) is 15.6. The number of hydrogen-bond acceptors (Lipinski definition) is 3. The Hall–Kier alpha value is -3.60. The third-order valence-corrected chi connectivity index (χ3v) is 4.52. The zero-order valence-corrected chi connectivity index (χ0v) is 15.6. The van der Waals surface area contributed by atoms with Crippen molar-refractivity contribution in [1.29, 1.82) is 0 Å². The number of hydrogen-bond donors (Lipinski definition) is 2. The molecule has 0 aromatic heterocycles. The van der Waals surface area contributed by atoms with Gasteiger partial charge in [0.05, 0.1) is 7.11 Å². The lowest BCUT2D eigenvalue weighted by Crippen LogP contribution is -2.45. The summed E-state index contributed by atoms with van der Waals surface area (Å²) in [7, 11) is 1.56. The highest BCUT2D eigenvalue weighted by atomic mass is 16.5. The van der Waals surface area contributed by atoms with Gasteiger partial charge in [0.1, 0.15) is 11.8 Å². The van der Waals surface area contributed by atoms with Gasteiger partial charge in [-0.3, -0.25) is 9.59 Å². The predicted molar refractivity (Wildman–Crippen MR) is 109 cm³/mol. The van der Waals surface area contributed by atoms with E-state index in [0.29, 0.717) is 11.3 Å². The first-order valence-corrected chi connectivity index (χ1v) is 8.96. The van der Waals surface area contributed by atoms with Gasteiger partial charge >= 0.3 is 0 Å². The van der Waals surface area contributed by atoms with Crippen molar-refractivity contribution in [3.8, 4) is 16.9 Å². The Morgan fingerprint density at radius 2 is 1.50 bits per heavy atom. The van der Waals surface area contributed by atoms with Crippen LogP contribution in [0.2, 0.25) is 0 Å². The molecule has 142 valence electrons. The van der Waals surface area contributed by atoms with Crippen molar-refractivity contribution < 1.29 is 14.3 Å². The number of benzene rings is 3. The molecular weight excluding hydrogens is 352 g/mol. The van der Waals surface area contributed by atoms with Crippen LogP contribution in [-0.4, -0.2) is 25.0 Å². The van der Waals surface area contributed by atoms with Crippen molar-refractivity contribution in [2.75, 3.05) is 7.11 Å². The van der Waals surface area contributed by atoms with Crippen LogP contribution in [0.5, 0.6) is 5.75 Å². The summed E-state index contributed by atoms with van der Waals surface area (Å²) >= 11 is 0. The number of carbonyl (C=O) groups excluding carboxylic acids is 2. The van der Waals surface area contributed by atoms with Crippen LogP contribution >= 0.6 is 0 Å². The van der Waals surface area contributed by atoms with Crippen LogP contribution in [0.1, 0.15) is 15.9 Å². The molecule has 0 saturated carbocycles. The van der Waals surface area contributed by atoms with Crippen molar-refractivity contribution in [3.63, 3.8) is 0 Å². The Labute approximate surface area is 164 Å². The number of amides is 2.